The molecule has 0 atom stereocenters. The van der Waals surface area contributed by atoms with E-state index < -0.39 is 79.1 Å². The fraction of sp³-hybridized carbons (Fsp3) is 0.280. The molecule has 5 N–H and O–H groups in total. The van der Waals surface area contributed by atoms with Crippen LogP contribution in [0.25, 0.3) is 16.7 Å². The number of azo groups is 4. The van der Waals surface area contributed by atoms with Crippen molar-refractivity contribution in [2.45, 2.75) is 68.6 Å². The Bertz CT molecular complexity index is 4540. The molecule has 456 valence electrons. The van der Waals surface area contributed by atoms with Gasteiger partial charge >= 0.3 is 10.6 Å². The normalized spacial score (nSPS) is 12.5. The molecular formula is C50H50ClN11O17S7. The third-order valence-corrected chi connectivity index (χ3v) is 17.9. The Morgan fingerprint density at radius 2 is 1.06 bits per heavy atom. The maximum atomic E-state index is 12.1. The van der Waals surface area contributed by atoms with Crippen LogP contribution < -0.4 is 4.74 Å². The number of nitriles is 1. The van der Waals surface area contributed by atoms with Gasteiger partial charge in [-0.05, 0) is 154 Å². The largest absolute Gasteiger partial charge is 0.493 e. The smallest absolute Gasteiger partial charge is 0.425 e. The molecule has 0 spiro atoms. The molecule has 2 aromatic heterocycles. The van der Waals surface area contributed by atoms with Crippen molar-refractivity contribution in [3.63, 3.8) is 0 Å². The minimum atomic E-state index is -4.66. The number of aromatic nitrogens is 2. The minimum Gasteiger partial charge on any atom is -0.493 e. The maximum absolute atomic E-state index is 12.1. The standard InChI is InChI=1S/C50H50ClN11O14S6.O3S/c1-28-21-39(58-61-48-31(4)35(27-52)49-53-47-32(5)46(82(73,74)75)14-13-42(47)62(49)50(48)63)43(76-15-6-18-79(64,65)66)24-36(28)56-59-40-23-30(3)38(26-45(40)78-17-8-20-81(70,71)72)57-60-41-22-29(2)37(55-54-34-11-9-33(51)10-12-34)25-44(41)77-16-7-19-80(67,68)69;1-4(2)3/h9-14,21-26,63H,6-8,15-20H2,1-5H3,(H,64,65,66)(H,67,68,69)(H,70,71,72)(H,73,74,75);. The molecule has 0 saturated carbocycles. The van der Waals surface area contributed by atoms with E-state index in [1.807, 2.05) is 6.07 Å². The minimum absolute atomic E-state index is 0.00517. The number of hydrogen-bond acceptors (Lipinski definition) is 25. The Balaban J connectivity index is 0.00000286. The lowest BCUT2D eigenvalue weighted by atomic mass is 10.1. The van der Waals surface area contributed by atoms with E-state index in [-0.39, 0.29) is 93.6 Å². The van der Waals surface area contributed by atoms with Crippen molar-refractivity contribution in [2.75, 3.05) is 35.4 Å². The molecule has 0 fully saturated rings. The van der Waals surface area contributed by atoms with Gasteiger partial charge in [-0.2, -0.15) is 59.4 Å². The van der Waals surface area contributed by atoms with Gasteiger partial charge in [-0.15, -0.1) is 56.6 Å². The second-order valence-corrected chi connectivity index (χ2v) is 27.6. The zero-order valence-corrected chi connectivity index (χ0v) is 52.1. The van der Waals surface area contributed by atoms with E-state index in [2.05, 4.69) is 45.9 Å². The summed E-state index contributed by atoms with van der Waals surface area (Å²) < 4.78 is 164. The predicted molar refractivity (Wildman–Crippen MR) is 320 cm³/mol. The molecule has 0 bridgehead atoms. The van der Waals surface area contributed by atoms with Crippen LogP contribution in [0.15, 0.2) is 128 Å². The highest BCUT2D eigenvalue weighted by Crippen LogP contribution is 2.44. The number of halogens is 1. The Kier molecular flexibility index (Phi) is 22.9. The van der Waals surface area contributed by atoms with Gasteiger partial charge in [0.1, 0.15) is 23.1 Å². The highest BCUT2D eigenvalue weighted by Gasteiger charge is 2.25. The van der Waals surface area contributed by atoms with Crippen LogP contribution in [-0.4, -0.2) is 114 Å². The van der Waals surface area contributed by atoms with Crippen molar-refractivity contribution in [1.29, 1.82) is 5.26 Å². The molecule has 5 aromatic carbocycles. The molecule has 28 nitrogen and oxygen atoms in total. The van der Waals surface area contributed by atoms with E-state index in [9.17, 15) is 62.3 Å². The highest BCUT2D eigenvalue weighted by molar-refractivity contribution is 7.99. The Hall–Kier alpha value is -7.21. The zero-order chi connectivity index (χ0) is 63.5. The average molecular weight is 1340 g/mol. The van der Waals surface area contributed by atoms with Gasteiger partial charge in [0, 0.05) is 26.4 Å². The van der Waals surface area contributed by atoms with Gasteiger partial charge in [-0.1, -0.05) is 11.6 Å². The van der Waals surface area contributed by atoms with E-state index in [1.54, 1.807) is 69.3 Å². The number of hydrogen-bond donors (Lipinski definition) is 5. The van der Waals surface area contributed by atoms with E-state index in [1.165, 1.54) is 60.0 Å². The number of ether oxygens (including phenoxy) is 1. The predicted octanol–water partition coefficient (Wildman–Crippen LogP) is 12.6. The summed E-state index contributed by atoms with van der Waals surface area (Å²) in [5.41, 5.74) is 4.27. The molecule has 0 aliphatic carbocycles. The number of benzene rings is 5. The summed E-state index contributed by atoms with van der Waals surface area (Å²) in [5.74, 6) is -1.67. The zero-order valence-electron chi connectivity index (χ0n) is 45.6. The number of fused-ring (bicyclic) bond motifs is 3. The first-order chi connectivity index (χ1) is 40.2. The van der Waals surface area contributed by atoms with Crippen molar-refractivity contribution in [3.8, 4) is 17.7 Å². The second-order valence-electron chi connectivity index (χ2n) is 18.4. The molecule has 0 amide bonds. The van der Waals surface area contributed by atoms with E-state index in [4.69, 9.17) is 29.0 Å². The molecule has 0 saturated heterocycles. The van der Waals surface area contributed by atoms with Crippen LogP contribution in [0.4, 0.5) is 45.5 Å². The van der Waals surface area contributed by atoms with E-state index in [0.29, 0.717) is 59.9 Å². The highest BCUT2D eigenvalue weighted by atomic mass is 35.5. The fourth-order valence-corrected chi connectivity index (χ4v) is 12.5. The van der Waals surface area contributed by atoms with Crippen molar-refractivity contribution >= 4 is 148 Å². The Labute approximate surface area is 507 Å². The molecule has 86 heavy (non-hydrogen) atoms. The molecular weight excluding hydrogens is 1290 g/mol. The van der Waals surface area contributed by atoms with Crippen molar-refractivity contribution in [3.05, 3.63) is 111 Å². The van der Waals surface area contributed by atoms with Crippen LogP contribution in [0, 0.1) is 45.9 Å². The lowest BCUT2D eigenvalue weighted by Gasteiger charge is -2.12. The van der Waals surface area contributed by atoms with Crippen LogP contribution in [0.3, 0.4) is 0 Å². The van der Waals surface area contributed by atoms with Crippen LogP contribution >= 0.6 is 35.1 Å². The maximum Gasteiger partial charge on any atom is 0.425 e. The number of nitrogens with zero attached hydrogens (tertiary/aromatic N) is 11. The molecule has 0 unspecified atom stereocenters. The first-order valence-electron chi connectivity index (χ1n) is 24.7. The number of thioether (sulfide) groups is 2. The van der Waals surface area contributed by atoms with Crippen LogP contribution in [0.2, 0.25) is 5.02 Å². The second kappa shape index (κ2) is 29.0. The van der Waals surface area contributed by atoms with Crippen LogP contribution in [0.1, 0.15) is 52.6 Å². The lowest BCUT2D eigenvalue weighted by Crippen LogP contribution is -2.08. The molecule has 0 aliphatic heterocycles. The lowest BCUT2D eigenvalue weighted by molar-refractivity contribution is 0.317. The van der Waals surface area contributed by atoms with Gasteiger partial charge in [0.25, 0.3) is 40.5 Å². The van der Waals surface area contributed by atoms with Crippen LogP contribution in [0.5, 0.6) is 11.6 Å². The average Bonchev–Trinajstić information content (AvgIpc) is 1.59. The Morgan fingerprint density at radius 3 is 1.55 bits per heavy atom. The summed E-state index contributed by atoms with van der Waals surface area (Å²) in [6.45, 7) is 7.84. The van der Waals surface area contributed by atoms with Gasteiger partial charge in [0.15, 0.2) is 11.3 Å². The SMILES string of the molecule is Cc1cc(N=Nc2cc(SCCCS(=O)(=O)O)c(N=Nc3cc(OCCCS(=O)(=O)O)c(N=Nc4c(C)c(C#N)c5nc6c(C)c(S(=O)(=O)O)ccc6n5c4O)cc3C)cc2C)c(SCCCS(=O)(=O)O)cc1N=Nc1ccc(Cl)cc1.O=S(=O)=O. The first-order valence-corrected chi connectivity index (χ1v) is 34.3. The monoisotopic (exact) mass is 1340 g/mol. The van der Waals surface area contributed by atoms with E-state index >= 15 is 0 Å². The number of aryl methyl sites for hydroxylation is 4. The van der Waals surface area contributed by atoms with Crippen LogP contribution in [-0.2, 0) is 51.1 Å². The summed E-state index contributed by atoms with van der Waals surface area (Å²) in [5, 5.41) is 58.2. The van der Waals surface area contributed by atoms with Gasteiger partial charge in [0.05, 0.1) is 73.9 Å². The number of rotatable bonds is 24. The van der Waals surface area contributed by atoms with Gasteiger partial charge < -0.3 is 9.84 Å². The summed E-state index contributed by atoms with van der Waals surface area (Å²) in [6, 6.07) is 21.0. The molecule has 0 aliphatic rings. The summed E-state index contributed by atoms with van der Waals surface area (Å²) in [4.78, 5) is 5.06. The number of imidazole rings is 1. The fourth-order valence-electron chi connectivity index (χ4n) is 7.83. The molecule has 7 aromatic rings. The van der Waals surface area contributed by atoms with Crippen molar-refractivity contribution in [2.24, 2.45) is 40.9 Å². The van der Waals surface area contributed by atoms with Crippen molar-refractivity contribution < 1.29 is 74.4 Å². The van der Waals surface area contributed by atoms with Gasteiger partial charge in [0.2, 0.25) is 5.88 Å². The first kappa shape index (κ1) is 67.9. The molecule has 0 radical (unpaired) electrons. The third-order valence-electron chi connectivity index (χ3n) is 11.9. The molecule has 2 heterocycles. The van der Waals surface area contributed by atoms with Crippen molar-refractivity contribution in [1.82, 2.24) is 9.38 Å². The summed E-state index contributed by atoms with van der Waals surface area (Å²) in [6.07, 6.45) is 0.0164. The molecule has 7 rings (SSSR count). The Morgan fingerprint density at radius 1 is 0.605 bits per heavy atom. The topological polar surface area (TPSA) is 438 Å². The summed E-state index contributed by atoms with van der Waals surface area (Å²) >= 11 is 8.49. The third kappa shape index (κ3) is 19.1. The quantitative estimate of drug-likeness (QED) is 0.0162. The molecule has 36 heteroatoms. The van der Waals surface area contributed by atoms with E-state index in [0.717, 1.165) is 6.07 Å². The number of aromatic hydroxyl groups is 1. The van der Waals surface area contributed by atoms with Gasteiger partial charge in [-0.3, -0.25) is 22.6 Å². The van der Waals surface area contributed by atoms with Gasteiger partial charge in [-0.25, -0.2) is 4.98 Å². The summed E-state index contributed by atoms with van der Waals surface area (Å²) in [7, 11) is -20.6. The number of pyridine rings is 1.